The molecule has 0 aliphatic heterocycles. The highest BCUT2D eigenvalue weighted by Crippen LogP contribution is 2.18. The Morgan fingerprint density at radius 3 is 1.16 bits per heavy atom. The lowest BCUT2D eigenvalue weighted by atomic mass is 10.1. The van der Waals surface area contributed by atoms with E-state index in [9.17, 15) is 9.59 Å². The fourth-order valence-electron chi connectivity index (χ4n) is 4.61. The van der Waals surface area contributed by atoms with Crippen LogP contribution < -0.4 is 35.4 Å². The highest BCUT2D eigenvalue weighted by molar-refractivity contribution is 6.35. The summed E-state index contributed by atoms with van der Waals surface area (Å²) in [6.07, 6.45) is 0. The first-order valence-corrected chi connectivity index (χ1v) is 13.7. The molecule has 2 N–H and O–H groups in total. The SMILES string of the molecule is CC[N+](CC)(CCNC(=O)C(=O)NCC[N+](CC)(CC)Cc1ccc(Cl)cc1)Cc1ccc(Cl)cc1.[Cl-].[Cl-]. The third kappa shape index (κ3) is 11.3. The number of benzene rings is 2. The first-order valence-electron chi connectivity index (χ1n) is 13.0. The molecule has 2 amide bonds. The smallest absolute Gasteiger partial charge is 0.309 e. The molecule has 0 unspecified atom stereocenters. The van der Waals surface area contributed by atoms with Gasteiger partial charge >= 0.3 is 11.8 Å². The molecule has 2 rings (SSSR count). The number of hydrogen-bond acceptors (Lipinski definition) is 2. The molecule has 2 aromatic rings. The zero-order valence-electron chi connectivity index (χ0n) is 22.9. The van der Waals surface area contributed by atoms with Crippen molar-refractivity contribution in [2.24, 2.45) is 0 Å². The summed E-state index contributed by atoms with van der Waals surface area (Å²) in [5, 5.41) is 7.08. The van der Waals surface area contributed by atoms with E-state index >= 15 is 0 Å². The van der Waals surface area contributed by atoms with E-state index in [2.05, 4.69) is 38.3 Å². The Kier molecular flexibility index (Phi) is 17.2. The van der Waals surface area contributed by atoms with E-state index in [1.54, 1.807) is 0 Å². The van der Waals surface area contributed by atoms with E-state index < -0.39 is 11.8 Å². The highest BCUT2D eigenvalue weighted by atomic mass is 35.5. The van der Waals surface area contributed by atoms with Crippen molar-refractivity contribution in [3.63, 3.8) is 0 Å². The summed E-state index contributed by atoms with van der Waals surface area (Å²) in [6, 6.07) is 15.8. The van der Waals surface area contributed by atoms with Crippen molar-refractivity contribution in [2.45, 2.75) is 40.8 Å². The normalized spacial score (nSPS) is 11.2. The third-order valence-electron chi connectivity index (χ3n) is 7.50. The molecule has 6 nitrogen and oxygen atoms in total. The fourth-order valence-corrected chi connectivity index (χ4v) is 4.86. The topological polar surface area (TPSA) is 58.2 Å². The quantitative estimate of drug-likeness (QED) is 0.206. The predicted molar refractivity (Wildman–Crippen MR) is 149 cm³/mol. The Balaban J connectivity index is 0.00000684. The van der Waals surface area contributed by atoms with Crippen molar-refractivity contribution in [2.75, 3.05) is 52.4 Å². The maximum Gasteiger partial charge on any atom is 0.309 e. The lowest BCUT2D eigenvalue weighted by Gasteiger charge is -2.37. The van der Waals surface area contributed by atoms with E-state index in [0.29, 0.717) is 13.1 Å². The van der Waals surface area contributed by atoms with Crippen LogP contribution in [0.15, 0.2) is 48.5 Å². The summed E-state index contributed by atoms with van der Waals surface area (Å²) >= 11 is 12.0. The van der Waals surface area contributed by atoms with Gasteiger partial charge in [0.1, 0.15) is 13.1 Å². The number of likely N-dealkylation sites (N-methyl/N-ethyl adjacent to an activating group) is 2. The van der Waals surface area contributed by atoms with Crippen molar-refractivity contribution in [3.8, 4) is 0 Å². The molecule has 0 spiro atoms. The van der Waals surface area contributed by atoms with Gasteiger partial charge in [0.15, 0.2) is 0 Å². The number of hydrogen-bond donors (Lipinski definition) is 2. The maximum atomic E-state index is 12.5. The average molecular weight is 608 g/mol. The van der Waals surface area contributed by atoms with Crippen LogP contribution in [-0.4, -0.2) is 73.1 Å². The lowest BCUT2D eigenvalue weighted by molar-refractivity contribution is -0.936. The molecule has 0 aromatic heterocycles. The number of halogens is 4. The Morgan fingerprint density at radius 1 is 0.605 bits per heavy atom. The molecule has 0 aliphatic carbocycles. The van der Waals surface area contributed by atoms with Crippen molar-refractivity contribution in [1.29, 1.82) is 0 Å². The van der Waals surface area contributed by atoms with Gasteiger partial charge in [-0.05, 0) is 52.0 Å². The van der Waals surface area contributed by atoms with E-state index in [1.807, 2.05) is 48.5 Å². The second-order valence-corrected chi connectivity index (χ2v) is 10.3. The molecule has 0 saturated heterocycles. The molecule has 38 heavy (non-hydrogen) atoms. The zero-order valence-corrected chi connectivity index (χ0v) is 25.9. The monoisotopic (exact) mass is 606 g/mol. The van der Waals surface area contributed by atoms with Gasteiger partial charge in [-0.25, -0.2) is 0 Å². The van der Waals surface area contributed by atoms with E-state index in [1.165, 1.54) is 11.1 Å². The Bertz CT molecular complexity index is 884. The van der Waals surface area contributed by atoms with Crippen LogP contribution in [0.5, 0.6) is 0 Å². The van der Waals surface area contributed by atoms with Gasteiger partial charge in [0, 0.05) is 21.2 Å². The van der Waals surface area contributed by atoms with Crippen LogP contribution in [0.2, 0.25) is 10.0 Å². The van der Waals surface area contributed by atoms with Crippen LogP contribution in [0.3, 0.4) is 0 Å². The van der Waals surface area contributed by atoms with E-state index in [4.69, 9.17) is 23.2 Å². The number of nitrogens with zero attached hydrogens (tertiary/aromatic N) is 2. The molecule has 0 fully saturated rings. The summed E-state index contributed by atoms with van der Waals surface area (Å²) in [5.41, 5.74) is 2.42. The van der Waals surface area contributed by atoms with Crippen LogP contribution in [0, 0.1) is 0 Å². The molecule has 0 atom stereocenters. The first-order chi connectivity index (χ1) is 17.2. The second-order valence-electron chi connectivity index (χ2n) is 9.48. The van der Waals surface area contributed by atoms with Gasteiger partial charge in [-0.15, -0.1) is 0 Å². The van der Waals surface area contributed by atoms with Gasteiger partial charge < -0.3 is 44.4 Å². The molecular formula is C28H42Cl4N4O2. The average Bonchev–Trinajstić information content (AvgIpc) is 2.89. The summed E-state index contributed by atoms with van der Waals surface area (Å²) in [5.74, 6) is -1.15. The Morgan fingerprint density at radius 2 is 0.895 bits per heavy atom. The summed E-state index contributed by atoms with van der Waals surface area (Å²) in [6.45, 7) is 16.5. The number of quaternary nitrogens is 2. The number of carbonyl (C=O) groups excluding carboxylic acids is 2. The first kappa shape index (κ1) is 36.5. The molecule has 2 aromatic carbocycles. The zero-order chi connectivity index (χ0) is 26.6. The summed E-state index contributed by atoms with van der Waals surface area (Å²) < 4.78 is 1.64. The molecule has 214 valence electrons. The molecular weight excluding hydrogens is 566 g/mol. The molecule has 0 radical (unpaired) electrons. The Labute approximate surface area is 251 Å². The van der Waals surface area contributed by atoms with Gasteiger partial charge in [-0.3, -0.25) is 9.59 Å². The number of rotatable bonds is 14. The maximum absolute atomic E-state index is 12.5. The van der Waals surface area contributed by atoms with Gasteiger partial charge in [0.25, 0.3) is 0 Å². The van der Waals surface area contributed by atoms with Crippen LogP contribution in [0.25, 0.3) is 0 Å². The van der Waals surface area contributed by atoms with Crippen molar-refractivity contribution in [1.82, 2.24) is 10.6 Å². The van der Waals surface area contributed by atoms with Crippen LogP contribution >= 0.6 is 23.2 Å². The second kappa shape index (κ2) is 17.9. The number of amides is 2. The van der Waals surface area contributed by atoms with Crippen LogP contribution in [0.1, 0.15) is 38.8 Å². The summed E-state index contributed by atoms with van der Waals surface area (Å²) in [7, 11) is 0. The van der Waals surface area contributed by atoms with Gasteiger partial charge in [0.05, 0.1) is 52.4 Å². The molecule has 10 heteroatoms. The lowest BCUT2D eigenvalue weighted by Crippen LogP contribution is -3.00. The number of nitrogens with one attached hydrogen (secondary N) is 2. The van der Waals surface area contributed by atoms with Crippen LogP contribution in [-0.2, 0) is 22.7 Å². The third-order valence-corrected chi connectivity index (χ3v) is 8.00. The highest BCUT2D eigenvalue weighted by Gasteiger charge is 2.26. The minimum atomic E-state index is -0.574. The van der Waals surface area contributed by atoms with Crippen molar-refractivity contribution < 1.29 is 43.4 Å². The van der Waals surface area contributed by atoms with E-state index in [0.717, 1.165) is 71.4 Å². The molecule has 0 saturated carbocycles. The van der Waals surface area contributed by atoms with Gasteiger partial charge in [-0.1, -0.05) is 47.5 Å². The van der Waals surface area contributed by atoms with Gasteiger partial charge in [-0.2, -0.15) is 0 Å². The standard InChI is InChI=1S/C28H40Cl2N4O2.2ClH/c1-5-33(6-2,21-23-9-13-25(29)14-10-23)19-17-31-27(35)28(36)32-18-20-34(7-3,8-4)22-24-11-15-26(30)16-12-24;;/h9-16H,5-8,17-22H2,1-4H3;2*1H. The largest absolute Gasteiger partial charge is 1.00 e. The van der Waals surface area contributed by atoms with Gasteiger partial charge in [0.2, 0.25) is 0 Å². The minimum absolute atomic E-state index is 0. The fraction of sp³-hybridized carbons (Fsp3) is 0.500. The molecule has 0 bridgehead atoms. The van der Waals surface area contributed by atoms with Crippen molar-refractivity contribution >= 4 is 35.0 Å². The van der Waals surface area contributed by atoms with E-state index in [-0.39, 0.29) is 24.8 Å². The Hall–Kier alpha value is -1.54. The predicted octanol–water partition coefficient (Wildman–Crippen LogP) is -1.35. The number of carbonyl (C=O) groups is 2. The molecule has 0 aliphatic rings. The molecule has 0 heterocycles. The van der Waals surface area contributed by atoms with Crippen LogP contribution in [0.4, 0.5) is 0 Å². The minimum Gasteiger partial charge on any atom is -1.00 e. The van der Waals surface area contributed by atoms with Crippen molar-refractivity contribution in [3.05, 3.63) is 69.7 Å². The summed E-state index contributed by atoms with van der Waals surface area (Å²) in [4.78, 5) is 24.9.